The van der Waals surface area contributed by atoms with Gasteiger partial charge in [-0.05, 0) is 17.7 Å². The third kappa shape index (κ3) is 3.12. The molecule has 1 N–H and O–H groups in total. The van der Waals surface area contributed by atoms with Crippen LogP contribution in [0.2, 0.25) is 0 Å². The molecule has 0 bridgehead atoms. The van der Waals surface area contributed by atoms with Gasteiger partial charge in [-0.1, -0.05) is 42.5 Å². The van der Waals surface area contributed by atoms with Crippen LogP contribution in [-0.4, -0.2) is 20.9 Å². The van der Waals surface area contributed by atoms with Crippen LogP contribution in [0.3, 0.4) is 0 Å². The fourth-order valence-electron chi connectivity index (χ4n) is 2.57. The van der Waals surface area contributed by atoms with Crippen molar-refractivity contribution in [1.29, 1.82) is 0 Å². The van der Waals surface area contributed by atoms with Gasteiger partial charge in [0.05, 0.1) is 17.6 Å². The Bertz CT molecular complexity index is 1050. The summed E-state index contributed by atoms with van der Waals surface area (Å²) < 4.78 is 0. The van der Waals surface area contributed by atoms with Crippen molar-refractivity contribution in [3.8, 4) is 11.3 Å². The van der Waals surface area contributed by atoms with Gasteiger partial charge in [-0.3, -0.25) is 15.1 Å². The molecule has 4 aromatic rings. The Morgan fingerprint density at radius 1 is 1.04 bits per heavy atom. The summed E-state index contributed by atoms with van der Waals surface area (Å²) in [5.74, 6) is -0.314. The minimum Gasteiger partial charge on any atom is -0.296 e. The second-order valence-corrected chi connectivity index (χ2v) is 6.42. The maximum Gasteiger partial charge on any atom is 0.277 e. The number of carbonyl (C=O) groups excluding carboxylic acids is 1. The standard InChI is InChI=1S/C19H14N4OS/c1-12-9-21-16(10-20-12)18(24)23-19-22-17(11-25-19)15-8-4-6-13-5-2-3-7-14(13)15/h2-11H,1H3,(H,22,23,24). The first-order chi connectivity index (χ1) is 12.2. The summed E-state index contributed by atoms with van der Waals surface area (Å²) in [6.07, 6.45) is 3.03. The number of thiazole rings is 1. The maximum absolute atomic E-state index is 12.2. The van der Waals surface area contributed by atoms with Crippen LogP contribution < -0.4 is 5.32 Å². The lowest BCUT2D eigenvalue weighted by Crippen LogP contribution is -2.13. The highest BCUT2D eigenvalue weighted by atomic mass is 32.1. The van der Waals surface area contributed by atoms with Gasteiger partial charge < -0.3 is 0 Å². The summed E-state index contributed by atoms with van der Waals surface area (Å²) in [6.45, 7) is 1.83. The molecule has 122 valence electrons. The van der Waals surface area contributed by atoms with Crippen molar-refractivity contribution in [2.45, 2.75) is 6.92 Å². The average Bonchev–Trinajstić information content (AvgIpc) is 3.10. The molecule has 2 heterocycles. The van der Waals surface area contributed by atoms with Gasteiger partial charge in [-0.2, -0.15) is 0 Å². The molecule has 0 fully saturated rings. The number of hydrogen-bond donors (Lipinski definition) is 1. The van der Waals surface area contributed by atoms with Crippen molar-refractivity contribution in [3.05, 3.63) is 71.6 Å². The van der Waals surface area contributed by atoms with Gasteiger partial charge in [0, 0.05) is 17.1 Å². The molecule has 2 aromatic carbocycles. The predicted octanol–water partition coefficient (Wildman–Crippen LogP) is 4.31. The van der Waals surface area contributed by atoms with Gasteiger partial charge in [0.1, 0.15) is 5.69 Å². The number of rotatable bonds is 3. The van der Waals surface area contributed by atoms with E-state index in [0.29, 0.717) is 5.13 Å². The van der Waals surface area contributed by atoms with Gasteiger partial charge in [-0.25, -0.2) is 9.97 Å². The molecular formula is C19H14N4OS. The first-order valence-corrected chi connectivity index (χ1v) is 8.62. The highest BCUT2D eigenvalue weighted by Crippen LogP contribution is 2.31. The summed E-state index contributed by atoms with van der Waals surface area (Å²) in [5.41, 5.74) is 2.92. The fraction of sp³-hybridized carbons (Fsp3) is 0.0526. The summed E-state index contributed by atoms with van der Waals surface area (Å²) in [5, 5.41) is 7.56. The first kappa shape index (κ1) is 15.4. The average molecular weight is 346 g/mol. The molecule has 0 unspecified atom stereocenters. The van der Waals surface area contributed by atoms with Crippen LogP contribution in [-0.2, 0) is 0 Å². The van der Waals surface area contributed by atoms with Crippen molar-refractivity contribution in [2.75, 3.05) is 5.32 Å². The van der Waals surface area contributed by atoms with E-state index < -0.39 is 0 Å². The van der Waals surface area contributed by atoms with E-state index in [-0.39, 0.29) is 11.6 Å². The molecule has 0 atom stereocenters. The van der Waals surface area contributed by atoms with Gasteiger partial charge in [0.2, 0.25) is 0 Å². The second kappa shape index (κ2) is 6.41. The zero-order valence-corrected chi connectivity index (χ0v) is 14.2. The molecule has 0 aliphatic rings. The molecule has 6 heteroatoms. The number of fused-ring (bicyclic) bond motifs is 1. The lowest BCUT2D eigenvalue weighted by molar-refractivity contribution is 0.102. The zero-order valence-electron chi connectivity index (χ0n) is 13.4. The monoisotopic (exact) mass is 346 g/mol. The topological polar surface area (TPSA) is 67.8 Å². The molecule has 5 nitrogen and oxygen atoms in total. The van der Waals surface area contributed by atoms with Crippen molar-refractivity contribution in [3.63, 3.8) is 0 Å². The third-order valence-electron chi connectivity index (χ3n) is 3.80. The van der Waals surface area contributed by atoms with E-state index in [1.165, 1.54) is 17.5 Å². The molecule has 0 spiro atoms. The fourth-order valence-corrected chi connectivity index (χ4v) is 3.28. The maximum atomic E-state index is 12.2. The normalized spacial score (nSPS) is 10.8. The van der Waals surface area contributed by atoms with Crippen molar-refractivity contribution >= 4 is 33.1 Å². The minimum absolute atomic E-state index is 0.271. The molecule has 25 heavy (non-hydrogen) atoms. The van der Waals surface area contributed by atoms with Gasteiger partial charge in [0.15, 0.2) is 5.13 Å². The molecule has 4 rings (SSSR count). The van der Waals surface area contributed by atoms with Crippen molar-refractivity contribution in [2.24, 2.45) is 0 Å². The Labute approximate surface area is 148 Å². The number of hydrogen-bond acceptors (Lipinski definition) is 5. The Morgan fingerprint density at radius 3 is 2.72 bits per heavy atom. The SMILES string of the molecule is Cc1cnc(C(=O)Nc2nc(-c3cccc4ccccc34)cs2)cn1. The van der Waals surface area contributed by atoms with Crippen molar-refractivity contribution < 1.29 is 4.79 Å². The Morgan fingerprint density at radius 2 is 1.88 bits per heavy atom. The first-order valence-electron chi connectivity index (χ1n) is 7.74. The van der Waals surface area contributed by atoms with Gasteiger partial charge >= 0.3 is 0 Å². The van der Waals surface area contributed by atoms with Gasteiger partial charge in [-0.15, -0.1) is 11.3 Å². The predicted molar refractivity (Wildman–Crippen MR) is 99.8 cm³/mol. The van der Waals surface area contributed by atoms with Crippen LogP contribution in [0.25, 0.3) is 22.0 Å². The van der Waals surface area contributed by atoms with Crippen LogP contribution in [0.4, 0.5) is 5.13 Å². The van der Waals surface area contributed by atoms with Crippen LogP contribution in [0.1, 0.15) is 16.2 Å². The zero-order chi connectivity index (χ0) is 17.2. The Kier molecular flexibility index (Phi) is 3.95. The molecular weight excluding hydrogens is 332 g/mol. The summed E-state index contributed by atoms with van der Waals surface area (Å²) >= 11 is 1.39. The van der Waals surface area contributed by atoms with Crippen LogP contribution in [0, 0.1) is 6.92 Å². The van der Waals surface area contributed by atoms with E-state index in [1.807, 2.05) is 36.6 Å². The molecule has 0 aliphatic carbocycles. The van der Waals surface area contributed by atoms with E-state index in [1.54, 1.807) is 6.20 Å². The molecule has 0 aliphatic heterocycles. The molecule has 1 amide bonds. The minimum atomic E-state index is -0.314. The summed E-state index contributed by atoms with van der Waals surface area (Å²) in [7, 11) is 0. The number of nitrogens with zero attached hydrogens (tertiary/aromatic N) is 3. The molecule has 0 saturated heterocycles. The van der Waals surface area contributed by atoms with E-state index >= 15 is 0 Å². The third-order valence-corrected chi connectivity index (χ3v) is 4.56. The largest absolute Gasteiger partial charge is 0.296 e. The molecule has 0 saturated carbocycles. The summed E-state index contributed by atoms with van der Waals surface area (Å²) in [4.78, 5) is 25.0. The van der Waals surface area contributed by atoms with Crippen LogP contribution >= 0.6 is 11.3 Å². The quantitative estimate of drug-likeness (QED) is 0.600. The Hall–Kier alpha value is -3.12. The summed E-state index contributed by atoms with van der Waals surface area (Å²) in [6, 6.07) is 14.3. The number of aryl methyl sites for hydroxylation is 1. The molecule has 2 aromatic heterocycles. The van der Waals surface area contributed by atoms with Crippen LogP contribution in [0.15, 0.2) is 60.2 Å². The van der Waals surface area contributed by atoms with Crippen LogP contribution in [0.5, 0.6) is 0 Å². The van der Waals surface area contributed by atoms with E-state index in [9.17, 15) is 4.79 Å². The van der Waals surface area contributed by atoms with Gasteiger partial charge in [0.25, 0.3) is 5.91 Å². The van der Waals surface area contributed by atoms with E-state index in [4.69, 9.17) is 0 Å². The second-order valence-electron chi connectivity index (χ2n) is 5.56. The Balaban J connectivity index is 1.62. The number of benzene rings is 2. The number of aromatic nitrogens is 3. The lowest BCUT2D eigenvalue weighted by Gasteiger charge is -2.03. The smallest absolute Gasteiger partial charge is 0.277 e. The number of anilines is 1. The highest BCUT2D eigenvalue weighted by molar-refractivity contribution is 7.14. The molecule has 0 radical (unpaired) electrons. The van der Waals surface area contributed by atoms with Crippen molar-refractivity contribution in [1.82, 2.24) is 15.0 Å². The lowest BCUT2D eigenvalue weighted by atomic mass is 10.0. The van der Waals surface area contributed by atoms with E-state index in [2.05, 4.69) is 38.5 Å². The number of carbonyl (C=O) groups is 1. The number of nitrogens with one attached hydrogen (secondary N) is 1. The van der Waals surface area contributed by atoms with E-state index in [0.717, 1.165) is 27.7 Å². The number of amides is 1. The highest BCUT2D eigenvalue weighted by Gasteiger charge is 2.12.